The Balaban J connectivity index is 2.38. The van der Waals surface area contributed by atoms with Gasteiger partial charge in [0.2, 0.25) is 0 Å². The fraction of sp³-hybridized carbons (Fsp3) is 0.0833. The lowest BCUT2D eigenvalue weighted by Gasteiger charge is -2.11. The number of aryl methyl sites for hydroxylation is 1. The third-order valence-corrected chi connectivity index (χ3v) is 2.79. The van der Waals surface area contributed by atoms with E-state index < -0.39 is 0 Å². The van der Waals surface area contributed by atoms with Crippen molar-refractivity contribution in [3.05, 3.63) is 46.4 Å². The van der Waals surface area contributed by atoms with Crippen molar-refractivity contribution in [2.75, 3.05) is 5.73 Å². The van der Waals surface area contributed by atoms with E-state index in [0.717, 1.165) is 0 Å². The van der Waals surface area contributed by atoms with Gasteiger partial charge in [0, 0.05) is 6.20 Å². The van der Waals surface area contributed by atoms with E-state index in [2.05, 4.69) is 20.9 Å². The van der Waals surface area contributed by atoms with Crippen molar-refractivity contribution in [1.29, 1.82) is 0 Å². The van der Waals surface area contributed by atoms with Gasteiger partial charge in [0.1, 0.15) is 11.6 Å². The average molecular weight is 297 g/mol. The summed E-state index contributed by atoms with van der Waals surface area (Å²) < 4.78 is 19.2. The van der Waals surface area contributed by atoms with Crippen molar-refractivity contribution in [2.45, 2.75) is 6.92 Å². The van der Waals surface area contributed by atoms with Crippen LogP contribution in [-0.4, -0.2) is 4.98 Å². The van der Waals surface area contributed by atoms with Crippen LogP contribution in [-0.2, 0) is 0 Å². The summed E-state index contributed by atoms with van der Waals surface area (Å²) in [4.78, 5) is 3.91. The highest BCUT2D eigenvalue weighted by Crippen LogP contribution is 2.35. The van der Waals surface area contributed by atoms with Gasteiger partial charge in [-0.3, -0.25) is 4.98 Å². The fourth-order valence-corrected chi connectivity index (χ4v) is 1.81. The molecular weight excluding hydrogens is 287 g/mol. The summed E-state index contributed by atoms with van der Waals surface area (Å²) in [6.07, 6.45) is 3.09. The Morgan fingerprint density at radius 3 is 2.76 bits per heavy atom. The maximum absolute atomic E-state index is 12.9. The van der Waals surface area contributed by atoms with Crippen LogP contribution in [0.5, 0.6) is 11.5 Å². The first-order valence-corrected chi connectivity index (χ1v) is 5.70. The van der Waals surface area contributed by atoms with Crippen LogP contribution >= 0.6 is 15.9 Å². The van der Waals surface area contributed by atoms with Crippen LogP contribution in [0.25, 0.3) is 0 Å². The summed E-state index contributed by atoms with van der Waals surface area (Å²) in [7, 11) is 0. The summed E-state index contributed by atoms with van der Waals surface area (Å²) in [5.74, 6) is 0.747. The molecule has 0 unspecified atom stereocenters. The van der Waals surface area contributed by atoms with Gasteiger partial charge in [-0.05, 0) is 46.6 Å². The van der Waals surface area contributed by atoms with Gasteiger partial charge >= 0.3 is 0 Å². The van der Waals surface area contributed by atoms with Gasteiger partial charge in [-0.15, -0.1) is 0 Å². The smallest absolute Gasteiger partial charge is 0.167 e. The fourth-order valence-electron chi connectivity index (χ4n) is 1.38. The number of benzene rings is 1. The molecule has 0 aliphatic rings. The molecule has 17 heavy (non-hydrogen) atoms. The molecule has 0 amide bonds. The Hall–Kier alpha value is -1.62. The Bertz CT molecular complexity index is 540. The normalized spacial score (nSPS) is 10.3. The summed E-state index contributed by atoms with van der Waals surface area (Å²) in [6, 6.07) is 4.31. The van der Waals surface area contributed by atoms with E-state index in [9.17, 15) is 4.39 Å². The molecule has 0 aliphatic carbocycles. The molecule has 0 fully saturated rings. The molecule has 5 heteroatoms. The van der Waals surface area contributed by atoms with Crippen molar-refractivity contribution < 1.29 is 9.13 Å². The summed E-state index contributed by atoms with van der Waals surface area (Å²) in [5, 5.41) is 0. The van der Waals surface area contributed by atoms with Gasteiger partial charge in [0.15, 0.2) is 5.75 Å². The third-order valence-electron chi connectivity index (χ3n) is 2.23. The Kier molecular flexibility index (Phi) is 3.28. The highest BCUT2D eigenvalue weighted by atomic mass is 79.9. The van der Waals surface area contributed by atoms with Crippen LogP contribution in [0, 0.1) is 12.7 Å². The Morgan fingerprint density at radius 2 is 2.12 bits per heavy atom. The standard InChI is InChI=1S/C12H10BrFN2O/c1-7-4-8(14)2-3-11(7)17-12-9(13)5-16-6-10(12)15/h2-6H,15H2,1H3. The summed E-state index contributed by atoms with van der Waals surface area (Å²) in [6.45, 7) is 1.77. The SMILES string of the molecule is Cc1cc(F)ccc1Oc1c(N)cncc1Br. The van der Waals surface area contributed by atoms with Crippen molar-refractivity contribution in [3.8, 4) is 11.5 Å². The van der Waals surface area contributed by atoms with E-state index in [1.54, 1.807) is 19.2 Å². The number of nitrogens with two attached hydrogens (primary N) is 1. The van der Waals surface area contributed by atoms with Crippen molar-refractivity contribution in [3.63, 3.8) is 0 Å². The van der Waals surface area contributed by atoms with Crippen molar-refractivity contribution >= 4 is 21.6 Å². The number of pyridine rings is 1. The molecule has 88 valence electrons. The number of anilines is 1. The van der Waals surface area contributed by atoms with E-state index in [0.29, 0.717) is 27.2 Å². The molecule has 0 bridgehead atoms. The second kappa shape index (κ2) is 4.71. The first-order chi connectivity index (χ1) is 8.08. The van der Waals surface area contributed by atoms with Crippen LogP contribution < -0.4 is 10.5 Å². The molecule has 1 aromatic carbocycles. The number of ether oxygens (including phenoxy) is 1. The average Bonchev–Trinajstić information content (AvgIpc) is 2.26. The molecular formula is C12H10BrFN2O. The molecule has 2 rings (SSSR count). The van der Waals surface area contributed by atoms with E-state index in [-0.39, 0.29) is 5.82 Å². The first kappa shape index (κ1) is 11.9. The highest BCUT2D eigenvalue weighted by molar-refractivity contribution is 9.10. The van der Waals surface area contributed by atoms with Crippen LogP contribution in [0.15, 0.2) is 35.1 Å². The number of halogens is 2. The number of hydrogen-bond acceptors (Lipinski definition) is 3. The maximum atomic E-state index is 12.9. The topological polar surface area (TPSA) is 48.1 Å². The number of rotatable bonds is 2. The van der Waals surface area contributed by atoms with E-state index >= 15 is 0 Å². The van der Waals surface area contributed by atoms with E-state index in [4.69, 9.17) is 10.5 Å². The van der Waals surface area contributed by atoms with Crippen LogP contribution in [0.3, 0.4) is 0 Å². The third kappa shape index (κ3) is 2.55. The summed E-state index contributed by atoms with van der Waals surface area (Å²) >= 11 is 3.30. The summed E-state index contributed by atoms with van der Waals surface area (Å²) in [5.41, 5.74) is 6.88. The molecule has 0 saturated carbocycles. The van der Waals surface area contributed by atoms with Gasteiger partial charge in [-0.2, -0.15) is 0 Å². The van der Waals surface area contributed by atoms with Crippen LogP contribution in [0.4, 0.5) is 10.1 Å². The first-order valence-electron chi connectivity index (χ1n) is 4.91. The quantitative estimate of drug-likeness (QED) is 0.920. The second-order valence-electron chi connectivity index (χ2n) is 3.55. The van der Waals surface area contributed by atoms with E-state index in [1.165, 1.54) is 18.3 Å². The second-order valence-corrected chi connectivity index (χ2v) is 4.41. The van der Waals surface area contributed by atoms with E-state index in [1.807, 2.05) is 0 Å². The number of nitrogens with zero attached hydrogens (tertiary/aromatic N) is 1. The number of nitrogen functional groups attached to an aromatic ring is 1. The molecule has 0 spiro atoms. The monoisotopic (exact) mass is 296 g/mol. The van der Waals surface area contributed by atoms with Gasteiger partial charge in [-0.25, -0.2) is 4.39 Å². The Morgan fingerprint density at radius 1 is 1.35 bits per heavy atom. The molecule has 0 aliphatic heterocycles. The van der Waals surface area contributed by atoms with Gasteiger partial charge in [0.25, 0.3) is 0 Å². The molecule has 0 saturated heterocycles. The maximum Gasteiger partial charge on any atom is 0.167 e. The minimum atomic E-state index is -0.295. The lowest BCUT2D eigenvalue weighted by molar-refractivity contribution is 0.475. The molecule has 1 heterocycles. The predicted octanol–water partition coefficient (Wildman–Crippen LogP) is 3.67. The largest absolute Gasteiger partial charge is 0.454 e. The predicted molar refractivity (Wildman–Crippen MR) is 67.6 cm³/mol. The van der Waals surface area contributed by atoms with Crippen LogP contribution in [0.1, 0.15) is 5.56 Å². The van der Waals surface area contributed by atoms with Gasteiger partial charge in [0.05, 0.1) is 16.4 Å². The van der Waals surface area contributed by atoms with Crippen molar-refractivity contribution in [2.24, 2.45) is 0 Å². The van der Waals surface area contributed by atoms with Gasteiger partial charge < -0.3 is 10.5 Å². The minimum absolute atomic E-state index is 0.295. The molecule has 2 aromatic rings. The Labute approximate surface area is 107 Å². The zero-order valence-corrected chi connectivity index (χ0v) is 10.7. The highest BCUT2D eigenvalue weighted by Gasteiger charge is 2.09. The number of aromatic nitrogens is 1. The molecule has 3 nitrogen and oxygen atoms in total. The zero-order valence-electron chi connectivity index (χ0n) is 9.08. The molecule has 0 atom stereocenters. The van der Waals surface area contributed by atoms with Crippen molar-refractivity contribution in [1.82, 2.24) is 4.98 Å². The lowest BCUT2D eigenvalue weighted by atomic mass is 10.2. The number of hydrogen-bond donors (Lipinski definition) is 1. The zero-order chi connectivity index (χ0) is 12.4. The molecule has 1 aromatic heterocycles. The molecule has 2 N–H and O–H groups in total. The van der Waals surface area contributed by atoms with Crippen LogP contribution in [0.2, 0.25) is 0 Å². The minimum Gasteiger partial charge on any atom is -0.454 e. The lowest BCUT2D eigenvalue weighted by Crippen LogP contribution is -1.95. The molecule has 0 radical (unpaired) electrons. The van der Waals surface area contributed by atoms with Gasteiger partial charge in [-0.1, -0.05) is 0 Å².